The molecule has 1 heterocycles. The third-order valence-corrected chi connectivity index (χ3v) is 5.13. The standard InChI is InChI=1S/C21H24N4O2/c1-4-15-6-5-7-19(25-21(26)24(3)22-23-25)18(15)13-27-20-11-8-14(2)12-17(20)16-9-10-16/h5-8,11-12,16H,4,9-10,13H2,1-3H3. The Labute approximate surface area is 158 Å². The molecule has 1 aliphatic rings. The summed E-state index contributed by atoms with van der Waals surface area (Å²) < 4.78 is 8.83. The number of aryl methyl sites for hydroxylation is 3. The van der Waals surface area contributed by atoms with Crippen LogP contribution < -0.4 is 10.4 Å². The summed E-state index contributed by atoms with van der Waals surface area (Å²) in [4.78, 5) is 12.3. The molecule has 1 aliphatic carbocycles. The average Bonchev–Trinajstić information content (AvgIpc) is 3.47. The Morgan fingerprint density at radius 3 is 2.67 bits per heavy atom. The third-order valence-electron chi connectivity index (χ3n) is 5.13. The van der Waals surface area contributed by atoms with Crippen LogP contribution in [0.1, 0.15) is 47.9 Å². The highest BCUT2D eigenvalue weighted by molar-refractivity contribution is 5.46. The van der Waals surface area contributed by atoms with Crippen molar-refractivity contribution in [1.82, 2.24) is 19.8 Å². The van der Waals surface area contributed by atoms with E-state index in [1.165, 1.54) is 33.3 Å². The molecule has 4 rings (SSSR count). The number of hydrogen-bond acceptors (Lipinski definition) is 4. The van der Waals surface area contributed by atoms with Crippen molar-refractivity contribution in [2.45, 2.75) is 45.6 Å². The molecule has 0 N–H and O–H groups in total. The van der Waals surface area contributed by atoms with Crippen LogP contribution in [0.3, 0.4) is 0 Å². The fourth-order valence-corrected chi connectivity index (χ4v) is 3.44. The Bertz CT molecular complexity index is 1030. The molecule has 0 aliphatic heterocycles. The Kier molecular flexibility index (Phi) is 4.56. The number of tetrazole rings is 1. The molecule has 0 unspecified atom stereocenters. The van der Waals surface area contributed by atoms with Crippen molar-refractivity contribution in [3.63, 3.8) is 0 Å². The SMILES string of the molecule is CCc1cccc(-n2nnn(C)c2=O)c1COc1ccc(C)cc1C1CC1. The molecule has 0 radical (unpaired) electrons. The van der Waals surface area contributed by atoms with Gasteiger partial charge in [0.2, 0.25) is 0 Å². The molecule has 2 aromatic carbocycles. The molecule has 6 nitrogen and oxygen atoms in total. The molecule has 1 saturated carbocycles. The predicted molar refractivity (Wildman–Crippen MR) is 103 cm³/mol. The van der Waals surface area contributed by atoms with Gasteiger partial charge in [-0.05, 0) is 65.8 Å². The number of ether oxygens (including phenoxy) is 1. The van der Waals surface area contributed by atoms with Crippen LogP contribution in [0, 0.1) is 6.92 Å². The summed E-state index contributed by atoms with van der Waals surface area (Å²) in [5, 5.41) is 7.84. The first-order valence-corrected chi connectivity index (χ1v) is 9.42. The summed E-state index contributed by atoms with van der Waals surface area (Å²) in [6.45, 7) is 4.61. The second-order valence-electron chi connectivity index (χ2n) is 7.17. The summed E-state index contributed by atoms with van der Waals surface area (Å²) in [6.07, 6.45) is 3.31. The van der Waals surface area contributed by atoms with Gasteiger partial charge in [0.05, 0.1) is 5.69 Å². The molecule has 140 valence electrons. The van der Waals surface area contributed by atoms with Crippen LogP contribution >= 0.6 is 0 Å². The summed E-state index contributed by atoms with van der Waals surface area (Å²) in [6, 6.07) is 12.3. The molecule has 1 aromatic heterocycles. The number of aromatic nitrogens is 4. The van der Waals surface area contributed by atoms with E-state index in [1.54, 1.807) is 7.05 Å². The lowest BCUT2D eigenvalue weighted by atomic mass is 10.0. The van der Waals surface area contributed by atoms with Gasteiger partial charge in [0, 0.05) is 12.6 Å². The van der Waals surface area contributed by atoms with Gasteiger partial charge in [-0.2, -0.15) is 9.36 Å². The summed E-state index contributed by atoms with van der Waals surface area (Å²) in [5.41, 5.74) is 5.13. The first-order valence-electron chi connectivity index (χ1n) is 9.42. The quantitative estimate of drug-likeness (QED) is 0.673. The Morgan fingerprint density at radius 2 is 2.00 bits per heavy atom. The van der Waals surface area contributed by atoms with Gasteiger partial charge >= 0.3 is 5.69 Å². The lowest BCUT2D eigenvalue weighted by Crippen LogP contribution is -2.23. The lowest BCUT2D eigenvalue weighted by Gasteiger charge is -2.16. The Morgan fingerprint density at radius 1 is 1.19 bits per heavy atom. The molecular formula is C21H24N4O2. The van der Waals surface area contributed by atoms with E-state index in [9.17, 15) is 4.79 Å². The maximum absolute atomic E-state index is 12.3. The average molecular weight is 364 g/mol. The van der Waals surface area contributed by atoms with Crippen molar-refractivity contribution < 1.29 is 4.74 Å². The van der Waals surface area contributed by atoms with E-state index in [2.05, 4.69) is 48.5 Å². The van der Waals surface area contributed by atoms with Gasteiger partial charge in [-0.25, -0.2) is 4.79 Å². The van der Waals surface area contributed by atoms with Gasteiger partial charge in [-0.1, -0.05) is 36.8 Å². The molecule has 0 amide bonds. The second-order valence-corrected chi connectivity index (χ2v) is 7.17. The maximum atomic E-state index is 12.3. The second kappa shape index (κ2) is 7.02. The van der Waals surface area contributed by atoms with Gasteiger partial charge in [-0.3, -0.25) is 0 Å². The molecule has 27 heavy (non-hydrogen) atoms. The van der Waals surface area contributed by atoms with E-state index < -0.39 is 0 Å². The van der Waals surface area contributed by atoms with E-state index in [0.717, 1.165) is 29.0 Å². The van der Waals surface area contributed by atoms with E-state index in [4.69, 9.17) is 4.74 Å². The normalized spacial score (nSPS) is 13.7. The molecule has 6 heteroatoms. The summed E-state index contributed by atoms with van der Waals surface area (Å²) in [5.74, 6) is 1.55. The number of rotatable bonds is 6. The van der Waals surface area contributed by atoms with E-state index in [1.807, 2.05) is 12.1 Å². The zero-order valence-corrected chi connectivity index (χ0v) is 16.0. The lowest BCUT2D eigenvalue weighted by molar-refractivity contribution is 0.301. The van der Waals surface area contributed by atoms with Crippen molar-refractivity contribution in [2.75, 3.05) is 0 Å². The van der Waals surface area contributed by atoms with Gasteiger partial charge in [0.15, 0.2) is 0 Å². The third kappa shape index (κ3) is 3.39. The first kappa shape index (κ1) is 17.5. The van der Waals surface area contributed by atoms with Gasteiger partial charge < -0.3 is 4.74 Å². The number of benzene rings is 2. The summed E-state index contributed by atoms with van der Waals surface area (Å²) in [7, 11) is 1.60. The molecule has 0 spiro atoms. The van der Waals surface area contributed by atoms with Crippen molar-refractivity contribution in [3.8, 4) is 11.4 Å². The Hall–Kier alpha value is -2.89. The predicted octanol–water partition coefficient (Wildman–Crippen LogP) is 3.29. The van der Waals surface area contributed by atoms with Crippen molar-refractivity contribution in [2.24, 2.45) is 7.05 Å². The van der Waals surface area contributed by atoms with Crippen LogP contribution in [0.25, 0.3) is 5.69 Å². The molecule has 1 fully saturated rings. The van der Waals surface area contributed by atoms with Gasteiger partial charge in [-0.15, -0.1) is 0 Å². The zero-order valence-electron chi connectivity index (χ0n) is 16.0. The summed E-state index contributed by atoms with van der Waals surface area (Å²) >= 11 is 0. The zero-order chi connectivity index (χ0) is 19.0. The molecule has 0 bridgehead atoms. The minimum Gasteiger partial charge on any atom is -0.489 e. The molecular weight excluding hydrogens is 340 g/mol. The first-order chi connectivity index (χ1) is 13.1. The fraction of sp³-hybridized carbons (Fsp3) is 0.381. The van der Waals surface area contributed by atoms with Crippen LogP contribution in [0.5, 0.6) is 5.75 Å². The largest absolute Gasteiger partial charge is 0.489 e. The van der Waals surface area contributed by atoms with Crippen LogP contribution in [0.15, 0.2) is 41.2 Å². The van der Waals surface area contributed by atoms with Gasteiger partial charge in [0.1, 0.15) is 12.4 Å². The topological polar surface area (TPSA) is 61.9 Å². The Balaban J connectivity index is 1.70. The van der Waals surface area contributed by atoms with Gasteiger partial charge in [0.25, 0.3) is 0 Å². The highest BCUT2D eigenvalue weighted by atomic mass is 16.5. The smallest absolute Gasteiger partial charge is 0.368 e. The number of nitrogens with zero attached hydrogens (tertiary/aromatic N) is 4. The molecule has 0 atom stereocenters. The van der Waals surface area contributed by atoms with Crippen molar-refractivity contribution >= 4 is 0 Å². The van der Waals surface area contributed by atoms with Crippen LogP contribution in [0.4, 0.5) is 0 Å². The van der Waals surface area contributed by atoms with Crippen LogP contribution in [-0.4, -0.2) is 19.8 Å². The van der Waals surface area contributed by atoms with Crippen molar-refractivity contribution in [3.05, 3.63) is 69.1 Å². The monoisotopic (exact) mass is 364 g/mol. The van der Waals surface area contributed by atoms with E-state index in [-0.39, 0.29) is 5.69 Å². The minimum atomic E-state index is -0.265. The minimum absolute atomic E-state index is 0.265. The molecule has 0 saturated heterocycles. The number of hydrogen-bond donors (Lipinski definition) is 0. The highest BCUT2D eigenvalue weighted by Crippen LogP contribution is 2.44. The van der Waals surface area contributed by atoms with Crippen LogP contribution in [-0.2, 0) is 20.1 Å². The molecule has 3 aromatic rings. The van der Waals surface area contributed by atoms with Crippen LogP contribution in [0.2, 0.25) is 0 Å². The fourth-order valence-electron chi connectivity index (χ4n) is 3.44. The highest BCUT2D eigenvalue weighted by Gasteiger charge is 2.27. The van der Waals surface area contributed by atoms with E-state index in [0.29, 0.717) is 12.5 Å². The maximum Gasteiger partial charge on any atom is 0.368 e. The van der Waals surface area contributed by atoms with Crippen molar-refractivity contribution in [1.29, 1.82) is 0 Å². The van der Waals surface area contributed by atoms with E-state index >= 15 is 0 Å².